The lowest BCUT2D eigenvalue weighted by Gasteiger charge is -2.06. The van der Waals surface area contributed by atoms with Gasteiger partial charge in [-0.2, -0.15) is 0 Å². The molecule has 0 unspecified atom stereocenters. The number of hydrogen-bond acceptors (Lipinski definition) is 2. The Labute approximate surface area is 134 Å². The molecule has 0 spiro atoms. The Balaban J connectivity index is 1.86. The molecule has 0 saturated carbocycles. The normalized spacial score (nSPS) is 10.1. The zero-order chi connectivity index (χ0) is 15.2. The van der Waals surface area contributed by atoms with E-state index >= 15 is 0 Å². The van der Waals surface area contributed by atoms with Gasteiger partial charge < -0.3 is 11.1 Å². The smallest absolute Gasteiger partial charge is 0.251 e. The van der Waals surface area contributed by atoms with Crippen molar-refractivity contribution >= 4 is 34.7 Å². The maximum atomic E-state index is 12.0. The number of rotatable bonds is 5. The number of benzene rings is 2. The summed E-state index contributed by atoms with van der Waals surface area (Å²) in [6.07, 6.45) is 0.758. The van der Waals surface area contributed by atoms with Gasteiger partial charge in [0.05, 0.1) is 0 Å². The standard InChI is InChI=1S/C16H15ClN2OS/c17-14-7-1-11(2-8-14)9-10-19-16(20)13-5-3-12(4-6-13)15(18)21/h1-8H,9-10H2,(H2,18,21)(H,19,20). The lowest BCUT2D eigenvalue weighted by atomic mass is 10.1. The fourth-order valence-corrected chi connectivity index (χ4v) is 2.12. The van der Waals surface area contributed by atoms with Crippen LogP contribution in [0.25, 0.3) is 0 Å². The predicted molar refractivity (Wildman–Crippen MR) is 89.8 cm³/mol. The first kappa shape index (κ1) is 15.5. The van der Waals surface area contributed by atoms with Gasteiger partial charge in [0.1, 0.15) is 4.99 Å². The number of nitrogens with one attached hydrogen (secondary N) is 1. The molecule has 2 rings (SSSR count). The molecule has 2 aromatic carbocycles. The Morgan fingerprint density at radius 1 is 1.05 bits per heavy atom. The molecule has 0 radical (unpaired) electrons. The lowest BCUT2D eigenvalue weighted by molar-refractivity contribution is 0.0954. The molecule has 1 amide bonds. The van der Waals surface area contributed by atoms with Crippen LogP contribution in [0, 0.1) is 0 Å². The molecule has 0 atom stereocenters. The maximum absolute atomic E-state index is 12.0. The molecule has 3 nitrogen and oxygen atoms in total. The van der Waals surface area contributed by atoms with Crippen molar-refractivity contribution in [3.05, 3.63) is 70.2 Å². The van der Waals surface area contributed by atoms with Gasteiger partial charge in [-0.3, -0.25) is 4.79 Å². The molecule has 5 heteroatoms. The van der Waals surface area contributed by atoms with E-state index in [0.29, 0.717) is 22.1 Å². The fourth-order valence-electron chi connectivity index (χ4n) is 1.86. The van der Waals surface area contributed by atoms with E-state index in [1.165, 1.54) is 0 Å². The van der Waals surface area contributed by atoms with E-state index in [2.05, 4.69) is 5.32 Å². The van der Waals surface area contributed by atoms with Crippen LogP contribution in [0.3, 0.4) is 0 Å². The number of carbonyl (C=O) groups is 1. The molecular weight excluding hydrogens is 304 g/mol. The molecule has 3 N–H and O–H groups in total. The topological polar surface area (TPSA) is 55.1 Å². The molecule has 108 valence electrons. The van der Waals surface area contributed by atoms with Gasteiger partial charge in [0.15, 0.2) is 0 Å². The maximum Gasteiger partial charge on any atom is 0.251 e. The van der Waals surface area contributed by atoms with E-state index in [1.54, 1.807) is 24.3 Å². The molecule has 0 aromatic heterocycles. The molecule has 21 heavy (non-hydrogen) atoms. The Morgan fingerprint density at radius 2 is 1.62 bits per heavy atom. The van der Waals surface area contributed by atoms with Gasteiger partial charge in [0.25, 0.3) is 5.91 Å². The third-order valence-corrected chi connectivity index (χ3v) is 3.53. The van der Waals surface area contributed by atoms with Crippen molar-refractivity contribution in [1.29, 1.82) is 0 Å². The van der Waals surface area contributed by atoms with Crippen LogP contribution in [-0.2, 0) is 6.42 Å². The fraction of sp³-hybridized carbons (Fsp3) is 0.125. The number of halogens is 1. The van der Waals surface area contributed by atoms with Crippen LogP contribution in [0.15, 0.2) is 48.5 Å². The van der Waals surface area contributed by atoms with E-state index < -0.39 is 0 Å². The highest BCUT2D eigenvalue weighted by molar-refractivity contribution is 7.80. The summed E-state index contributed by atoms with van der Waals surface area (Å²) in [5.74, 6) is -0.113. The minimum atomic E-state index is -0.113. The van der Waals surface area contributed by atoms with Crippen LogP contribution in [0.4, 0.5) is 0 Å². The third-order valence-electron chi connectivity index (χ3n) is 3.04. The highest BCUT2D eigenvalue weighted by atomic mass is 35.5. The Morgan fingerprint density at radius 3 is 2.19 bits per heavy atom. The van der Waals surface area contributed by atoms with Crippen LogP contribution >= 0.6 is 23.8 Å². The van der Waals surface area contributed by atoms with Crippen molar-refractivity contribution in [2.24, 2.45) is 5.73 Å². The van der Waals surface area contributed by atoms with Crippen molar-refractivity contribution in [1.82, 2.24) is 5.32 Å². The van der Waals surface area contributed by atoms with Crippen molar-refractivity contribution in [2.45, 2.75) is 6.42 Å². The van der Waals surface area contributed by atoms with Crippen LogP contribution in [0.5, 0.6) is 0 Å². The Hall–Kier alpha value is -1.91. The summed E-state index contributed by atoms with van der Waals surface area (Å²) in [6.45, 7) is 0.567. The average Bonchev–Trinajstić information content (AvgIpc) is 2.49. The molecular formula is C16H15ClN2OS. The van der Waals surface area contributed by atoms with Crippen molar-refractivity contribution in [3.8, 4) is 0 Å². The first-order chi connectivity index (χ1) is 10.1. The van der Waals surface area contributed by atoms with E-state index in [9.17, 15) is 4.79 Å². The summed E-state index contributed by atoms with van der Waals surface area (Å²) in [7, 11) is 0. The monoisotopic (exact) mass is 318 g/mol. The summed E-state index contributed by atoms with van der Waals surface area (Å²) in [5.41, 5.74) is 7.99. The van der Waals surface area contributed by atoms with Crippen molar-refractivity contribution < 1.29 is 4.79 Å². The highest BCUT2D eigenvalue weighted by Crippen LogP contribution is 2.09. The summed E-state index contributed by atoms with van der Waals surface area (Å²) < 4.78 is 0. The number of thiocarbonyl (C=S) groups is 1. The second-order valence-electron chi connectivity index (χ2n) is 4.57. The van der Waals surface area contributed by atoms with Crippen molar-refractivity contribution in [2.75, 3.05) is 6.54 Å². The van der Waals surface area contributed by atoms with Gasteiger partial charge in [-0.1, -0.05) is 48.1 Å². The number of hydrogen-bond donors (Lipinski definition) is 2. The largest absolute Gasteiger partial charge is 0.389 e. The molecule has 0 saturated heterocycles. The molecule has 0 bridgehead atoms. The van der Waals surface area contributed by atoms with Gasteiger partial charge in [0, 0.05) is 22.7 Å². The molecule has 0 aliphatic rings. The first-order valence-corrected chi connectivity index (χ1v) is 7.27. The molecule has 0 aliphatic heterocycles. The van der Waals surface area contributed by atoms with Gasteiger partial charge in [-0.05, 0) is 36.2 Å². The predicted octanol–water partition coefficient (Wildman–Crippen LogP) is 2.95. The summed E-state index contributed by atoms with van der Waals surface area (Å²) in [5, 5.41) is 3.58. The Bertz CT molecular complexity index is 638. The minimum absolute atomic E-state index is 0.113. The van der Waals surface area contributed by atoms with Gasteiger partial charge in [-0.25, -0.2) is 0 Å². The van der Waals surface area contributed by atoms with E-state index in [4.69, 9.17) is 29.6 Å². The first-order valence-electron chi connectivity index (χ1n) is 6.49. The highest BCUT2D eigenvalue weighted by Gasteiger charge is 2.05. The number of nitrogens with two attached hydrogens (primary N) is 1. The van der Waals surface area contributed by atoms with Crippen molar-refractivity contribution in [3.63, 3.8) is 0 Å². The Kier molecular flexibility index (Phi) is 5.31. The zero-order valence-corrected chi connectivity index (χ0v) is 12.9. The van der Waals surface area contributed by atoms with Gasteiger partial charge in [0.2, 0.25) is 0 Å². The zero-order valence-electron chi connectivity index (χ0n) is 11.3. The molecule has 2 aromatic rings. The van der Waals surface area contributed by atoms with Crippen LogP contribution in [-0.4, -0.2) is 17.4 Å². The third kappa shape index (κ3) is 4.55. The lowest BCUT2D eigenvalue weighted by Crippen LogP contribution is -2.25. The van der Waals surface area contributed by atoms with E-state index in [0.717, 1.165) is 17.5 Å². The van der Waals surface area contributed by atoms with Gasteiger partial charge in [-0.15, -0.1) is 0 Å². The molecule has 0 heterocycles. The number of carbonyl (C=O) groups excluding carboxylic acids is 1. The molecule has 0 fully saturated rings. The summed E-state index contributed by atoms with van der Waals surface area (Å²) >= 11 is 10.7. The van der Waals surface area contributed by atoms with E-state index in [1.807, 2.05) is 24.3 Å². The summed E-state index contributed by atoms with van der Waals surface area (Å²) in [6, 6.07) is 14.5. The summed E-state index contributed by atoms with van der Waals surface area (Å²) in [4.78, 5) is 12.3. The van der Waals surface area contributed by atoms with Crippen LogP contribution in [0.2, 0.25) is 5.02 Å². The second-order valence-corrected chi connectivity index (χ2v) is 5.45. The van der Waals surface area contributed by atoms with Crippen LogP contribution in [0.1, 0.15) is 21.5 Å². The second kappa shape index (κ2) is 7.20. The van der Waals surface area contributed by atoms with E-state index in [-0.39, 0.29) is 5.91 Å². The van der Waals surface area contributed by atoms with Crippen LogP contribution < -0.4 is 11.1 Å². The number of amides is 1. The minimum Gasteiger partial charge on any atom is -0.389 e. The SMILES string of the molecule is NC(=S)c1ccc(C(=O)NCCc2ccc(Cl)cc2)cc1. The quantitative estimate of drug-likeness (QED) is 0.833. The van der Waals surface area contributed by atoms with Gasteiger partial charge >= 0.3 is 0 Å². The molecule has 0 aliphatic carbocycles. The average molecular weight is 319 g/mol.